The van der Waals surface area contributed by atoms with Gasteiger partial charge in [0.1, 0.15) is 0 Å². The number of hydrogen-bond acceptors (Lipinski definition) is 3. The zero-order valence-corrected chi connectivity index (χ0v) is 8.82. The molecule has 1 aliphatic heterocycles. The van der Waals surface area contributed by atoms with E-state index in [0.717, 1.165) is 0 Å². The van der Waals surface area contributed by atoms with Gasteiger partial charge in [-0.25, -0.2) is 0 Å². The van der Waals surface area contributed by atoms with Gasteiger partial charge in [0, 0.05) is 13.0 Å². The van der Waals surface area contributed by atoms with Gasteiger partial charge in [0.05, 0.1) is 0 Å². The van der Waals surface area contributed by atoms with Gasteiger partial charge in [0.2, 0.25) is 0 Å². The highest BCUT2D eigenvalue weighted by Gasteiger charge is 2.63. The first-order valence-electron chi connectivity index (χ1n) is 3.46. The van der Waals surface area contributed by atoms with E-state index in [4.69, 9.17) is 19.6 Å². The zero-order chi connectivity index (χ0) is 10.3. The topological polar surface area (TPSA) is 156 Å². The molecule has 8 nitrogen and oxygen atoms in total. The standard InChI is InChI=1S/C4H10O7P2.H2O/c5-12(6,7)4(13(8,9)10)2-1-3-11-4;/h1-3H2,(H2,5,6,7)(H2,8,9,10);1H2. The largest absolute Gasteiger partial charge is 0.412 e. The predicted octanol–water partition coefficient (Wildman–Crippen LogP) is -1.02. The SMILES string of the molecule is O.O=P(O)(O)C1(P(=O)(O)O)CCCO1. The molecule has 0 aliphatic carbocycles. The maximum absolute atomic E-state index is 10.9. The van der Waals surface area contributed by atoms with E-state index in [9.17, 15) is 9.13 Å². The van der Waals surface area contributed by atoms with Crippen LogP contribution in [0.5, 0.6) is 0 Å². The molecular formula is C4H12O8P2. The van der Waals surface area contributed by atoms with Crippen molar-refractivity contribution in [2.75, 3.05) is 6.61 Å². The zero-order valence-electron chi connectivity index (χ0n) is 7.03. The quantitative estimate of drug-likeness (QED) is 0.457. The van der Waals surface area contributed by atoms with E-state index in [1.165, 1.54) is 0 Å². The fourth-order valence-electron chi connectivity index (χ4n) is 1.24. The summed E-state index contributed by atoms with van der Waals surface area (Å²) in [6.45, 7) is -0.0454. The molecule has 0 bridgehead atoms. The van der Waals surface area contributed by atoms with Crippen LogP contribution in [0, 0.1) is 0 Å². The molecule has 10 heteroatoms. The molecule has 0 radical (unpaired) electrons. The van der Waals surface area contributed by atoms with Crippen molar-refractivity contribution in [1.29, 1.82) is 0 Å². The molecule has 0 amide bonds. The third kappa shape index (κ3) is 2.08. The van der Waals surface area contributed by atoms with E-state index in [-0.39, 0.29) is 24.9 Å². The summed E-state index contributed by atoms with van der Waals surface area (Å²) in [7, 11) is -9.90. The van der Waals surface area contributed by atoms with E-state index in [1.807, 2.05) is 0 Å². The van der Waals surface area contributed by atoms with Crippen molar-refractivity contribution < 1.29 is 38.9 Å². The van der Waals surface area contributed by atoms with Gasteiger partial charge in [-0.15, -0.1) is 0 Å². The van der Waals surface area contributed by atoms with Gasteiger partial charge in [-0.2, -0.15) is 0 Å². The van der Waals surface area contributed by atoms with Gasteiger partial charge < -0.3 is 29.8 Å². The smallest absolute Gasteiger partial charge is 0.369 e. The van der Waals surface area contributed by atoms with E-state index in [1.54, 1.807) is 0 Å². The Kier molecular flexibility index (Phi) is 4.06. The van der Waals surface area contributed by atoms with Gasteiger partial charge in [0.25, 0.3) is 5.08 Å². The fraction of sp³-hybridized carbons (Fsp3) is 1.00. The third-order valence-corrected chi connectivity index (χ3v) is 5.98. The normalized spacial score (nSPS) is 21.7. The van der Waals surface area contributed by atoms with Crippen molar-refractivity contribution >= 4 is 15.2 Å². The molecule has 6 N–H and O–H groups in total. The van der Waals surface area contributed by atoms with Crippen molar-refractivity contribution in [3.8, 4) is 0 Å². The van der Waals surface area contributed by atoms with Crippen LogP contribution in [-0.2, 0) is 13.9 Å². The Bertz CT molecular complexity index is 258. The van der Waals surface area contributed by atoms with Crippen molar-refractivity contribution in [2.45, 2.75) is 17.9 Å². The monoisotopic (exact) mass is 250 g/mol. The maximum atomic E-state index is 10.9. The van der Waals surface area contributed by atoms with E-state index >= 15 is 0 Å². The Balaban J connectivity index is 0.00000169. The lowest BCUT2D eigenvalue weighted by Crippen LogP contribution is -2.27. The first-order chi connectivity index (χ1) is 5.71. The van der Waals surface area contributed by atoms with Crippen molar-refractivity contribution in [3.05, 3.63) is 0 Å². The summed E-state index contributed by atoms with van der Waals surface area (Å²) in [4.78, 5) is 35.2. The minimum Gasteiger partial charge on any atom is -0.412 e. The molecule has 1 heterocycles. The van der Waals surface area contributed by atoms with Crippen LogP contribution >= 0.6 is 15.2 Å². The summed E-state index contributed by atoms with van der Waals surface area (Å²) < 4.78 is 26.3. The summed E-state index contributed by atoms with van der Waals surface area (Å²) in [6, 6.07) is 0. The molecule has 0 spiro atoms. The fourth-order valence-corrected chi connectivity index (χ4v) is 4.01. The molecule has 1 saturated heterocycles. The Morgan fingerprint density at radius 3 is 1.64 bits per heavy atom. The number of hydrogen-bond donors (Lipinski definition) is 4. The van der Waals surface area contributed by atoms with Crippen molar-refractivity contribution in [3.63, 3.8) is 0 Å². The van der Waals surface area contributed by atoms with Crippen LogP contribution in [0.3, 0.4) is 0 Å². The molecule has 0 unspecified atom stereocenters. The van der Waals surface area contributed by atoms with Crippen LogP contribution in [0.15, 0.2) is 0 Å². The summed E-state index contributed by atoms with van der Waals surface area (Å²) in [5.74, 6) is 0. The molecule has 0 atom stereocenters. The van der Waals surface area contributed by atoms with Crippen LogP contribution in [0.4, 0.5) is 0 Å². The van der Waals surface area contributed by atoms with Crippen LogP contribution in [0.2, 0.25) is 0 Å². The Morgan fingerprint density at radius 1 is 1.07 bits per heavy atom. The summed E-state index contributed by atoms with van der Waals surface area (Å²) in [6.07, 6.45) is -0.0855. The van der Waals surface area contributed by atoms with Crippen LogP contribution in [0.1, 0.15) is 12.8 Å². The summed E-state index contributed by atoms with van der Waals surface area (Å²) in [5, 5.41) is -2.60. The Morgan fingerprint density at radius 2 is 1.50 bits per heavy atom. The molecule has 0 aromatic rings. The minimum absolute atomic E-state index is 0. The second kappa shape index (κ2) is 4.00. The highest BCUT2D eigenvalue weighted by atomic mass is 31.2. The van der Waals surface area contributed by atoms with E-state index in [2.05, 4.69) is 4.74 Å². The lowest BCUT2D eigenvalue weighted by molar-refractivity contribution is 0.0862. The summed E-state index contributed by atoms with van der Waals surface area (Å²) in [5.41, 5.74) is 0. The van der Waals surface area contributed by atoms with E-state index in [0.29, 0.717) is 0 Å². The lowest BCUT2D eigenvalue weighted by atomic mass is 10.4. The Labute approximate surface area is 79.5 Å². The van der Waals surface area contributed by atoms with Gasteiger partial charge in [-0.05, 0) is 6.42 Å². The maximum Gasteiger partial charge on any atom is 0.369 e. The molecule has 0 aromatic heterocycles. The molecular weight excluding hydrogens is 238 g/mol. The first kappa shape index (κ1) is 14.2. The number of rotatable bonds is 2. The van der Waals surface area contributed by atoms with Crippen molar-refractivity contribution in [2.24, 2.45) is 0 Å². The molecule has 86 valence electrons. The van der Waals surface area contributed by atoms with Gasteiger partial charge in [-0.3, -0.25) is 9.13 Å². The molecule has 0 aromatic carbocycles. The summed E-state index contributed by atoms with van der Waals surface area (Å²) >= 11 is 0. The minimum atomic E-state index is -4.95. The molecule has 14 heavy (non-hydrogen) atoms. The number of ether oxygens (including phenoxy) is 1. The van der Waals surface area contributed by atoms with E-state index < -0.39 is 20.3 Å². The van der Waals surface area contributed by atoms with Crippen molar-refractivity contribution in [1.82, 2.24) is 0 Å². The lowest BCUT2D eigenvalue weighted by Gasteiger charge is -2.28. The first-order valence-corrected chi connectivity index (χ1v) is 6.68. The highest BCUT2D eigenvalue weighted by Crippen LogP contribution is 2.72. The van der Waals surface area contributed by atoms with Gasteiger partial charge >= 0.3 is 15.2 Å². The highest BCUT2D eigenvalue weighted by molar-refractivity contribution is 7.72. The van der Waals surface area contributed by atoms with Crippen LogP contribution < -0.4 is 0 Å². The molecule has 1 rings (SSSR count). The molecule has 1 aliphatic rings. The van der Waals surface area contributed by atoms with Gasteiger partial charge in [0.15, 0.2) is 0 Å². The second-order valence-corrected chi connectivity index (χ2v) is 6.76. The predicted molar refractivity (Wildman–Crippen MR) is 45.6 cm³/mol. The van der Waals surface area contributed by atoms with Crippen LogP contribution in [-0.4, -0.2) is 36.7 Å². The average molecular weight is 250 g/mol. The average Bonchev–Trinajstić information content (AvgIpc) is 2.28. The van der Waals surface area contributed by atoms with Gasteiger partial charge in [-0.1, -0.05) is 0 Å². The molecule has 1 fully saturated rings. The molecule has 0 saturated carbocycles. The third-order valence-electron chi connectivity index (χ3n) is 1.89. The second-order valence-electron chi connectivity index (χ2n) is 2.78. The Hall–Kier alpha value is 0.220. The van der Waals surface area contributed by atoms with Crippen LogP contribution in [0.25, 0.3) is 0 Å².